The van der Waals surface area contributed by atoms with Crippen LogP contribution in [0.2, 0.25) is 0 Å². The standard InChI is InChI=1S/C8H17N3/c1-8(2,11(3)4)7-10-6-5-9/h10H,6-7H2,1-4H3. The smallest absolute Gasteiger partial charge is 0.0841 e. The van der Waals surface area contributed by atoms with E-state index < -0.39 is 0 Å². The molecule has 0 radical (unpaired) electrons. The lowest BCUT2D eigenvalue weighted by Gasteiger charge is -2.32. The van der Waals surface area contributed by atoms with E-state index in [4.69, 9.17) is 5.26 Å². The van der Waals surface area contributed by atoms with Crippen molar-refractivity contribution in [2.75, 3.05) is 27.2 Å². The van der Waals surface area contributed by atoms with Gasteiger partial charge in [0.25, 0.3) is 0 Å². The topological polar surface area (TPSA) is 39.1 Å². The molecule has 0 saturated heterocycles. The highest BCUT2D eigenvalue weighted by Crippen LogP contribution is 2.06. The zero-order valence-corrected chi connectivity index (χ0v) is 7.81. The minimum absolute atomic E-state index is 0.122. The molecule has 0 aliphatic heterocycles. The first kappa shape index (κ1) is 10.4. The summed E-state index contributed by atoms with van der Waals surface area (Å²) in [5.41, 5.74) is 0.122. The largest absolute Gasteiger partial charge is 0.303 e. The quantitative estimate of drug-likeness (QED) is 0.473. The molecule has 3 nitrogen and oxygen atoms in total. The fourth-order valence-corrected chi connectivity index (χ4v) is 0.582. The van der Waals surface area contributed by atoms with Gasteiger partial charge < -0.3 is 10.2 Å². The van der Waals surface area contributed by atoms with Gasteiger partial charge in [0.15, 0.2) is 0 Å². The average Bonchev–Trinajstić information content (AvgIpc) is 1.88. The molecular weight excluding hydrogens is 138 g/mol. The minimum Gasteiger partial charge on any atom is -0.303 e. The van der Waals surface area contributed by atoms with Crippen molar-refractivity contribution in [2.45, 2.75) is 19.4 Å². The number of nitrogens with one attached hydrogen (secondary N) is 1. The highest BCUT2D eigenvalue weighted by atomic mass is 15.2. The lowest BCUT2D eigenvalue weighted by molar-refractivity contribution is 0.192. The monoisotopic (exact) mass is 155 g/mol. The number of hydrogen-bond acceptors (Lipinski definition) is 3. The Balaban J connectivity index is 3.66. The lowest BCUT2D eigenvalue weighted by atomic mass is 10.0. The maximum Gasteiger partial charge on any atom is 0.0841 e. The van der Waals surface area contributed by atoms with Gasteiger partial charge in [-0.2, -0.15) is 5.26 Å². The molecule has 0 bridgehead atoms. The molecule has 0 heterocycles. The summed E-state index contributed by atoms with van der Waals surface area (Å²) >= 11 is 0. The van der Waals surface area contributed by atoms with E-state index >= 15 is 0 Å². The Bertz CT molecular complexity index is 144. The van der Waals surface area contributed by atoms with Crippen LogP contribution in [-0.4, -0.2) is 37.6 Å². The first-order chi connectivity index (χ1) is 5.00. The number of likely N-dealkylation sites (N-methyl/N-ethyl adjacent to an activating group) is 1. The third-order valence-electron chi connectivity index (χ3n) is 1.97. The van der Waals surface area contributed by atoms with E-state index in [1.54, 1.807) is 0 Å². The van der Waals surface area contributed by atoms with Gasteiger partial charge >= 0.3 is 0 Å². The Labute approximate surface area is 69.0 Å². The number of hydrogen-bond donors (Lipinski definition) is 1. The molecule has 0 aromatic rings. The van der Waals surface area contributed by atoms with Crippen molar-refractivity contribution >= 4 is 0 Å². The molecule has 0 amide bonds. The van der Waals surface area contributed by atoms with Crippen molar-refractivity contribution in [3.63, 3.8) is 0 Å². The molecule has 1 N–H and O–H groups in total. The summed E-state index contributed by atoms with van der Waals surface area (Å²) in [6.07, 6.45) is 0. The summed E-state index contributed by atoms with van der Waals surface area (Å²) in [7, 11) is 4.07. The summed E-state index contributed by atoms with van der Waals surface area (Å²) in [5, 5.41) is 11.3. The lowest BCUT2D eigenvalue weighted by Crippen LogP contribution is -2.46. The van der Waals surface area contributed by atoms with Crippen LogP contribution in [0.3, 0.4) is 0 Å². The molecule has 0 aromatic carbocycles. The summed E-state index contributed by atoms with van der Waals surface area (Å²) in [6.45, 7) is 5.54. The van der Waals surface area contributed by atoms with Gasteiger partial charge in [0, 0.05) is 12.1 Å². The van der Waals surface area contributed by atoms with Crippen molar-refractivity contribution in [1.82, 2.24) is 10.2 Å². The van der Waals surface area contributed by atoms with Gasteiger partial charge in [-0.1, -0.05) is 0 Å². The second kappa shape index (κ2) is 4.32. The van der Waals surface area contributed by atoms with Crippen molar-refractivity contribution in [3.8, 4) is 6.07 Å². The molecule has 3 heteroatoms. The molecular formula is C8H17N3. The Kier molecular flexibility index (Phi) is 4.09. The van der Waals surface area contributed by atoms with Gasteiger partial charge in [0.2, 0.25) is 0 Å². The minimum atomic E-state index is 0.122. The average molecular weight is 155 g/mol. The Morgan fingerprint density at radius 3 is 2.36 bits per heavy atom. The van der Waals surface area contributed by atoms with Crippen LogP contribution in [0.25, 0.3) is 0 Å². The fourth-order valence-electron chi connectivity index (χ4n) is 0.582. The molecule has 0 aromatic heterocycles. The maximum atomic E-state index is 8.28. The van der Waals surface area contributed by atoms with Crippen molar-refractivity contribution in [1.29, 1.82) is 5.26 Å². The third-order valence-corrected chi connectivity index (χ3v) is 1.97. The van der Waals surface area contributed by atoms with Crippen LogP contribution in [0.15, 0.2) is 0 Å². The SMILES string of the molecule is CN(C)C(C)(C)CNCC#N. The predicted octanol–water partition coefficient (Wildman–Crippen LogP) is 0.440. The van der Waals surface area contributed by atoms with Gasteiger partial charge in [-0.15, -0.1) is 0 Å². The first-order valence-corrected chi connectivity index (χ1v) is 3.76. The summed E-state index contributed by atoms with van der Waals surface area (Å²) in [6, 6.07) is 2.05. The van der Waals surface area contributed by atoms with E-state index in [1.165, 1.54) is 0 Å². The molecule has 0 spiro atoms. The van der Waals surface area contributed by atoms with Crippen LogP contribution < -0.4 is 5.32 Å². The molecule has 0 atom stereocenters. The highest BCUT2D eigenvalue weighted by molar-refractivity contribution is 4.82. The van der Waals surface area contributed by atoms with Crippen LogP contribution in [0.5, 0.6) is 0 Å². The van der Waals surface area contributed by atoms with Crippen LogP contribution in [-0.2, 0) is 0 Å². The molecule has 0 saturated carbocycles. The summed E-state index contributed by atoms with van der Waals surface area (Å²) < 4.78 is 0. The van der Waals surface area contributed by atoms with Gasteiger partial charge in [0.1, 0.15) is 0 Å². The van der Waals surface area contributed by atoms with Crippen molar-refractivity contribution < 1.29 is 0 Å². The zero-order valence-electron chi connectivity index (χ0n) is 7.81. The molecule has 11 heavy (non-hydrogen) atoms. The zero-order chi connectivity index (χ0) is 8.91. The Morgan fingerprint density at radius 2 is 2.00 bits per heavy atom. The molecule has 0 fully saturated rings. The normalized spacial score (nSPS) is 11.6. The number of nitriles is 1. The van der Waals surface area contributed by atoms with Gasteiger partial charge in [0.05, 0.1) is 12.6 Å². The van der Waals surface area contributed by atoms with Crippen molar-refractivity contribution in [2.24, 2.45) is 0 Å². The Hall–Kier alpha value is -0.590. The summed E-state index contributed by atoms with van der Waals surface area (Å²) in [5.74, 6) is 0. The van der Waals surface area contributed by atoms with Crippen LogP contribution >= 0.6 is 0 Å². The first-order valence-electron chi connectivity index (χ1n) is 3.76. The van der Waals surface area contributed by atoms with E-state index in [9.17, 15) is 0 Å². The molecule has 0 unspecified atom stereocenters. The van der Waals surface area contributed by atoms with E-state index in [0.29, 0.717) is 6.54 Å². The van der Waals surface area contributed by atoms with Crippen LogP contribution in [0.1, 0.15) is 13.8 Å². The van der Waals surface area contributed by atoms with Crippen molar-refractivity contribution in [3.05, 3.63) is 0 Å². The molecule has 0 aliphatic rings. The second-order valence-corrected chi connectivity index (χ2v) is 3.47. The molecule has 0 rings (SSSR count). The van der Waals surface area contributed by atoms with Crippen LogP contribution in [0.4, 0.5) is 0 Å². The van der Waals surface area contributed by atoms with Gasteiger partial charge in [-0.25, -0.2) is 0 Å². The summed E-state index contributed by atoms with van der Waals surface area (Å²) in [4.78, 5) is 2.14. The number of nitrogens with zero attached hydrogens (tertiary/aromatic N) is 2. The highest BCUT2D eigenvalue weighted by Gasteiger charge is 2.18. The third kappa shape index (κ3) is 3.97. The predicted molar refractivity (Wildman–Crippen MR) is 46.2 cm³/mol. The number of rotatable bonds is 4. The van der Waals surface area contributed by atoms with Gasteiger partial charge in [-0.05, 0) is 27.9 Å². The van der Waals surface area contributed by atoms with E-state index in [-0.39, 0.29) is 5.54 Å². The van der Waals surface area contributed by atoms with Crippen LogP contribution in [0, 0.1) is 11.3 Å². The van der Waals surface area contributed by atoms with E-state index in [1.807, 2.05) is 20.2 Å². The molecule has 0 aliphatic carbocycles. The maximum absolute atomic E-state index is 8.28. The molecule has 64 valence electrons. The van der Waals surface area contributed by atoms with E-state index in [0.717, 1.165) is 6.54 Å². The van der Waals surface area contributed by atoms with Gasteiger partial charge in [-0.3, -0.25) is 0 Å². The van der Waals surface area contributed by atoms with E-state index in [2.05, 4.69) is 24.1 Å². The fraction of sp³-hybridized carbons (Fsp3) is 0.875. The Morgan fingerprint density at radius 1 is 1.45 bits per heavy atom. The second-order valence-electron chi connectivity index (χ2n) is 3.47.